The van der Waals surface area contributed by atoms with Crippen molar-refractivity contribution in [3.8, 4) is 0 Å². The zero-order chi connectivity index (χ0) is 56.6. The molecule has 0 saturated carbocycles. The van der Waals surface area contributed by atoms with Crippen LogP contribution in [0.3, 0.4) is 0 Å². The lowest BCUT2D eigenvalue weighted by molar-refractivity contribution is -0.323. The maximum atomic E-state index is 14.3. The molecule has 0 spiro atoms. The fraction of sp³-hybridized carbons (Fsp3) is 0.237. The van der Waals surface area contributed by atoms with Gasteiger partial charge in [-0.05, 0) is 72.8 Å². The summed E-state index contributed by atoms with van der Waals surface area (Å²) >= 11 is 18.4. The van der Waals surface area contributed by atoms with Crippen LogP contribution in [-0.4, -0.2) is 127 Å². The Bertz CT molecular complexity index is 3070. The van der Waals surface area contributed by atoms with Crippen LogP contribution in [0.2, 0.25) is 0 Å². The monoisotopic (exact) mass is 1150 g/mol. The number of carbonyl (C=O) groups excluding carboxylic acids is 6. The Kier molecular flexibility index (Phi) is 20.2. The van der Waals surface area contributed by atoms with E-state index in [4.69, 9.17) is 92.3 Å². The molecule has 2 aliphatic heterocycles. The molecule has 8 rings (SSSR count). The molecule has 1 N–H and O–H groups in total. The van der Waals surface area contributed by atoms with Gasteiger partial charge in [0, 0.05) is 0 Å². The van der Waals surface area contributed by atoms with Gasteiger partial charge in [-0.3, -0.25) is 5.41 Å². The van der Waals surface area contributed by atoms with E-state index >= 15 is 0 Å². The second kappa shape index (κ2) is 27.8. The lowest BCUT2D eigenvalue weighted by Gasteiger charge is -2.46. The van der Waals surface area contributed by atoms with Gasteiger partial charge in [-0.15, -0.1) is 6.58 Å². The number of rotatable bonds is 20. The molecule has 21 heteroatoms. The average molecular weight is 1150 g/mol. The Morgan fingerprint density at radius 1 is 0.412 bits per heavy atom. The number of halogens is 3. The molecular formula is C59H50Cl3NO17. The van der Waals surface area contributed by atoms with Crippen molar-refractivity contribution < 1.29 is 80.9 Å². The van der Waals surface area contributed by atoms with Crippen LogP contribution >= 0.6 is 34.8 Å². The Morgan fingerprint density at radius 3 is 1.10 bits per heavy atom. The fourth-order valence-corrected chi connectivity index (χ4v) is 8.44. The number of nitrogens with one attached hydrogen (secondary N) is 1. The molecule has 6 aromatic carbocycles. The van der Waals surface area contributed by atoms with E-state index < -0.39 is 120 Å². The molecule has 2 saturated heterocycles. The fourth-order valence-electron chi connectivity index (χ4n) is 8.31. The number of hydrogen-bond acceptors (Lipinski definition) is 18. The molecule has 80 heavy (non-hydrogen) atoms. The second-order valence-electron chi connectivity index (χ2n) is 17.6. The highest BCUT2D eigenvalue weighted by molar-refractivity contribution is 6.76. The minimum atomic E-state index is -2.51. The van der Waals surface area contributed by atoms with E-state index in [1.807, 2.05) is 0 Å². The van der Waals surface area contributed by atoms with Gasteiger partial charge in [-0.25, -0.2) is 28.8 Å². The lowest BCUT2D eigenvalue weighted by Crippen LogP contribution is -2.65. The molecule has 414 valence electrons. The molecule has 0 bridgehead atoms. The van der Waals surface area contributed by atoms with Crippen LogP contribution in [0.5, 0.6) is 0 Å². The summed E-state index contributed by atoms with van der Waals surface area (Å²) in [6.07, 6.45) is -16.1. The summed E-state index contributed by atoms with van der Waals surface area (Å²) in [6.45, 7) is 2.00. The van der Waals surface area contributed by atoms with Gasteiger partial charge in [-0.2, -0.15) is 0 Å². The number of alkyl halides is 3. The first-order valence-corrected chi connectivity index (χ1v) is 25.8. The highest BCUT2D eigenvalue weighted by atomic mass is 35.6. The summed E-state index contributed by atoms with van der Waals surface area (Å²) < 4.78 is 65.7. The van der Waals surface area contributed by atoms with Crippen LogP contribution in [0, 0.1) is 5.41 Å². The SMILES string of the molecule is C=CCO[C@H]1[C@@H](OC(=O)c2ccccc2)[C@@H](CO[C@@H]2O[C@H](COC(=O)c3ccccc3)[C@H](OC(=O)c3ccccc3)[C@H](OC(=O)c3ccccc3)[C@H]2OC(=O)c2ccccc2)O[C@@H](OC(=N)C(Cl)(Cl)Cl)[C@@H]1OC(=O)c1ccccc1. The van der Waals surface area contributed by atoms with E-state index in [0.717, 1.165) is 0 Å². The van der Waals surface area contributed by atoms with E-state index in [9.17, 15) is 28.8 Å². The van der Waals surface area contributed by atoms with Gasteiger partial charge in [-0.1, -0.05) is 150 Å². The number of benzene rings is 6. The van der Waals surface area contributed by atoms with E-state index in [1.165, 1.54) is 78.9 Å². The van der Waals surface area contributed by atoms with Crippen LogP contribution < -0.4 is 0 Å². The summed E-state index contributed by atoms with van der Waals surface area (Å²) in [6, 6.07) is 46.7. The van der Waals surface area contributed by atoms with Crippen LogP contribution in [-0.2, 0) is 52.1 Å². The van der Waals surface area contributed by atoms with Crippen molar-refractivity contribution in [1.29, 1.82) is 5.41 Å². The molecule has 2 heterocycles. The van der Waals surface area contributed by atoms with E-state index in [2.05, 4.69) is 6.58 Å². The molecule has 0 aromatic heterocycles. The first-order valence-electron chi connectivity index (χ1n) is 24.7. The van der Waals surface area contributed by atoms with Crippen LogP contribution in [0.15, 0.2) is 195 Å². The maximum Gasteiger partial charge on any atom is 0.338 e. The molecule has 6 aromatic rings. The summed E-state index contributed by atoms with van der Waals surface area (Å²) in [7, 11) is 0. The highest BCUT2D eigenvalue weighted by Gasteiger charge is 2.57. The second-order valence-corrected chi connectivity index (χ2v) is 19.9. The van der Waals surface area contributed by atoms with Gasteiger partial charge >= 0.3 is 35.8 Å². The topological polar surface area (TPSA) is 228 Å². The van der Waals surface area contributed by atoms with Crippen molar-refractivity contribution in [2.24, 2.45) is 0 Å². The van der Waals surface area contributed by atoms with Crippen LogP contribution in [0.25, 0.3) is 0 Å². The number of carbonyl (C=O) groups is 6. The normalized spacial score (nSPS) is 22.5. The van der Waals surface area contributed by atoms with Crippen molar-refractivity contribution in [1.82, 2.24) is 0 Å². The lowest BCUT2D eigenvalue weighted by atomic mass is 9.96. The summed E-state index contributed by atoms with van der Waals surface area (Å²) in [4.78, 5) is 84.4. The summed E-state index contributed by atoms with van der Waals surface area (Å²) in [5.41, 5.74) is 0.389. The predicted octanol–water partition coefficient (Wildman–Crippen LogP) is 9.37. The van der Waals surface area contributed by atoms with Crippen molar-refractivity contribution in [2.45, 2.75) is 65.2 Å². The third-order valence-corrected chi connectivity index (χ3v) is 12.7. The maximum absolute atomic E-state index is 14.3. The zero-order valence-electron chi connectivity index (χ0n) is 42.1. The summed E-state index contributed by atoms with van der Waals surface area (Å²) in [5, 5.41) is 8.60. The standard InChI is InChI=1S/C59H50Cl3NO17/c1-2-33-70-46-44(75-51(65)37-23-11-4-12-24-37)43(74-57(80-58(63)59(60,61)62)48(46)78-54(68)40-29-17-7-18-30-40)35-72-56-49(79-55(69)41-31-19-8-20-32-41)47(77-53(67)39-27-15-6-16-28-39)45(76-52(66)38-25-13-5-14-26-38)42(73-56)34-71-50(64)36-21-9-3-10-22-36/h2-32,42-49,56-57,63H,1,33-35H2/t42-,43-,44+,45+,46+,47+,48-,49-,56-,57+/m1/s1. The van der Waals surface area contributed by atoms with E-state index in [-0.39, 0.29) is 40.0 Å². The molecule has 0 aliphatic carbocycles. The molecule has 0 radical (unpaired) electrons. The van der Waals surface area contributed by atoms with Gasteiger partial charge in [0.15, 0.2) is 36.8 Å². The quantitative estimate of drug-likeness (QED) is 0.0187. The van der Waals surface area contributed by atoms with E-state index in [1.54, 1.807) is 109 Å². The molecule has 2 aliphatic rings. The third-order valence-electron chi connectivity index (χ3n) is 12.2. The van der Waals surface area contributed by atoms with Gasteiger partial charge in [0.2, 0.25) is 12.2 Å². The van der Waals surface area contributed by atoms with Gasteiger partial charge < -0.3 is 52.1 Å². The first kappa shape index (κ1) is 58.2. The largest absolute Gasteiger partial charge is 0.459 e. The van der Waals surface area contributed by atoms with Gasteiger partial charge in [0.25, 0.3) is 3.79 Å². The van der Waals surface area contributed by atoms with Gasteiger partial charge in [0.1, 0.15) is 24.9 Å². The first-order chi connectivity index (χ1) is 38.7. The van der Waals surface area contributed by atoms with Crippen molar-refractivity contribution in [3.63, 3.8) is 0 Å². The van der Waals surface area contributed by atoms with Crippen LogP contribution in [0.1, 0.15) is 62.1 Å². The van der Waals surface area contributed by atoms with Crippen molar-refractivity contribution >= 4 is 76.5 Å². The third kappa shape index (κ3) is 15.2. The minimum Gasteiger partial charge on any atom is -0.459 e. The molecular weight excluding hydrogens is 1100 g/mol. The Morgan fingerprint density at radius 2 is 0.725 bits per heavy atom. The van der Waals surface area contributed by atoms with Crippen molar-refractivity contribution in [2.75, 3.05) is 19.8 Å². The minimum absolute atomic E-state index is 0.0225. The average Bonchev–Trinajstić information content (AvgIpc) is 3.54. The number of ether oxygens (including phenoxy) is 11. The Hall–Kier alpha value is -7.94. The van der Waals surface area contributed by atoms with E-state index in [0.29, 0.717) is 0 Å². The van der Waals surface area contributed by atoms with Gasteiger partial charge in [0.05, 0.1) is 46.6 Å². The number of esters is 6. The molecule has 0 amide bonds. The number of hydrogen-bond donors (Lipinski definition) is 1. The summed E-state index contributed by atoms with van der Waals surface area (Å²) in [5.74, 6) is -6.57. The molecule has 18 nitrogen and oxygen atoms in total. The Labute approximate surface area is 473 Å². The van der Waals surface area contributed by atoms with Crippen molar-refractivity contribution in [3.05, 3.63) is 228 Å². The Balaban J connectivity index is 1.23. The highest BCUT2D eigenvalue weighted by Crippen LogP contribution is 2.37. The molecule has 2 fully saturated rings. The zero-order valence-corrected chi connectivity index (χ0v) is 44.3. The smallest absolute Gasteiger partial charge is 0.338 e. The van der Waals surface area contributed by atoms with Crippen LogP contribution in [0.4, 0.5) is 0 Å². The molecule has 10 atom stereocenters. The predicted molar refractivity (Wildman–Crippen MR) is 287 cm³/mol. The molecule has 0 unspecified atom stereocenters.